The van der Waals surface area contributed by atoms with Gasteiger partial charge in [0.15, 0.2) is 0 Å². The summed E-state index contributed by atoms with van der Waals surface area (Å²) in [6.45, 7) is 1.25. The number of rotatable bonds is 3. The van der Waals surface area contributed by atoms with Crippen LogP contribution in [0.5, 0.6) is 0 Å². The molecule has 0 saturated carbocycles. The first kappa shape index (κ1) is 12.9. The summed E-state index contributed by atoms with van der Waals surface area (Å²) in [7, 11) is 0. The van der Waals surface area contributed by atoms with Crippen LogP contribution in [0.1, 0.15) is 16.7 Å². The van der Waals surface area contributed by atoms with Gasteiger partial charge in [-0.25, -0.2) is 0 Å². The highest BCUT2D eigenvalue weighted by molar-refractivity contribution is 5.96. The Balaban J connectivity index is 1.81. The molecule has 3 nitrogen and oxygen atoms in total. The zero-order chi connectivity index (χ0) is 13.9. The fourth-order valence-electron chi connectivity index (χ4n) is 2.78. The number of amides is 1. The maximum absolute atomic E-state index is 12.5. The summed E-state index contributed by atoms with van der Waals surface area (Å²) in [5.41, 5.74) is 10.1. The molecule has 0 bridgehead atoms. The number of para-hydroxylation sites is 1. The number of nitrogens with two attached hydrogens (primary N) is 1. The third-order valence-electron chi connectivity index (χ3n) is 3.87. The van der Waals surface area contributed by atoms with Gasteiger partial charge in [-0.15, -0.1) is 0 Å². The quantitative estimate of drug-likeness (QED) is 0.926. The van der Waals surface area contributed by atoms with Crippen molar-refractivity contribution in [2.45, 2.75) is 19.4 Å². The van der Waals surface area contributed by atoms with Crippen LogP contribution in [0.3, 0.4) is 0 Å². The Bertz CT molecular complexity index is 636. The van der Waals surface area contributed by atoms with Crippen LogP contribution in [-0.4, -0.2) is 12.5 Å². The summed E-state index contributed by atoms with van der Waals surface area (Å²) in [6, 6.07) is 16.0. The van der Waals surface area contributed by atoms with Gasteiger partial charge in [-0.2, -0.15) is 0 Å². The molecule has 0 aromatic heterocycles. The predicted octanol–water partition coefficient (Wildman–Crippen LogP) is 2.28. The molecule has 0 aliphatic carbocycles. The largest absolute Gasteiger partial charge is 0.326 e. The maximum atomic E-state index is 12.5. The Labute approximate surface area is 119 Å². The number of fused-ring (bicyclic) bond motifs is 1. The van der Waals surface area contributed by atoms with E-state index < -0.39 is 0 Å². The van der Waals surface area contributed by atoms with E-state index in [0.717, 1.165) is 29.8 Å². The van der Waals surface area contributed by atoms with Gasteiger partial charge in [-0.3, -0.25) is 4.79 Å². The van der Waals surface area contributed by atoms with Crippen molar-refractivity contribution in [3.63, 3.8) is 0 Å². The molecule has 2 aromatic rings. The van der Waals surface area contributed by atoms with Crippen molar-refractivity contribution in [2.75, 3.05) is 11.4 Å². The summed E-state index contributed by atoms with van der Waals surface area (Å²) in [5.74, 6) is 0.149. The van der Waals surface area contributed by atoms with Gasteiger partial charge in [-0.1, -0.05) is 42.5 Å². The van der Waals surface area contributed by atoms with Crippen molar-refractivity contribution in [1.29, 1.82) is 0 Å². The van der Waals surface area contributed by atoms with Crippen molar-refractivity contribution < 1.29 is 4.79 Å². The van der Waals surface area contributed by atoms with Gasteiger partial charge in [0, 0.05) is 18.8 Å². The van der Waals surface area contributed by atoms with Gasteiger partial charge < -0.3 is 10.6 Å². The lowest BCUT2D eigenvalue weighted by Crippen LogP contribution is -2.30. The molecule has 0 atom stereocenters. The van der Waals surface area contributed by atoms with Gasteiger partial charge in [0.1, 0.15) is 0 Å². The molecule has 0 spiro atoms. The summed E-state index contributed by atoms with van der Waals surface area (Å²) in [6.07, 6.45) is 1.36. The normalized spacial score (nSPS) is 13.3. The van der Waals surface area contributed by atoms with E-state index in [1.54, 1.807) is 0 Å². The molecule has 0 saturated heterocycles. The summed E-state index contributed by atoms with van der Waals surface area (Å²) in [4.78, 5) is 14.4. The molecule has 1 heterocycles. The predicted molar refractivity (Wildman–Crippen MR) is 80.5 cm³/mol. The Morgan fingerprint density at radius 1 is 1.05 bits per heavy atom. The van der Waals surface area contributed by atoms with E-state index >= 15 is 0 Å². The molecule has 20 heavy (non-hydrogen) atoms. The molecule has 2 aromatic carbocycles. The highest BCUT2D eigenvalue weighted by Crippen LogP contribution is 2.28. The minimum Gasteiger partial charge on any atom is -0.326 e. The molecule has 3 rings (SSSR count). The van der Waals surface area contributed by atoms with E-state index in [9.17, 15) is 4.79 Å². The van der Waals surface area contributed by atoms with Crippen LogP contribution in [0.4, 0.5) is 5.69 Å². The van der Waals surface area contributed by atoms with Gasteiger partial charge in [0.05, 0.1) is 6.42 Å². The first-order valence-electron chi connectivity index (χ1n) is 6.94. The number of nitrogens with zero attached hydrogens (tertiary/aromatic N) is 1. The third-order valence-corrected chi connectivity index (χ3v) is 3.87. The van der Waals surface area contributed by atoms with Crippen LogP contribution >= 0.6 is 0 Å². The van der Waals surface area contributed by atoms with Crippen molar-refractivity contribution >= 4 is 11.6 Å². The first-order valence-corrected chi connectivity index (χ1v) is 6.94. The lowest BCUT2D eigenvalue weighted by Gasteiger charge is -2.18. The fourth-order valence-corrected chi connectivity index (χ4v) is 2.78. The highest BCUT2D eigenvalue weighted by Gasteiger charge is 2.24. The number of anilines is 1. The van der Waals surface area contributed by atoms with Gasteiger partial charge >= 0.3 is 0 Å². The molecule has 1 aliphatic rings. The Morgan fingerprint density at radius 3 is 2.55 bits per heavy atom. The number of carbonyl (C=O) groups excluding carboxylic acids is 1. The molecule has 0 unspecified atom stereocenters. The van der Waals surface area contributed by atoms with Crippen LogP contribution in [0.15, 0.2) is 48.5 Å². The van der Waals surface area contributed by atoms with E-state index in [4.69, 9.17) is 5.73 Å². The SMILES string of the molecule is NCc1ccccc1CC(=O)N1CCc2ccccc21. The molecular formula is C17H18N2O. The summed E-state index contributed by atoms with van der Waals surface area (Å²) < 4.78 is 0. The van der Waals surface area contributed by atoms with Crippen molar-refractivity contribution in [2.24, 2.45) is 5.73 Å². The molecule has 2 N–H and O–H groups in total. The molecular weight excluding hydrogens is 248 g/mol. The van der Waals surface area contributed by atoms with Gasteiger partial charge in [-0.05, 0) is 29.2 Å². The molecule has 0 fully saturated rings. The van der Waals surface area contributed by atoms with Gasteiger partial charge in [0.2, 0.25) is 5.91 Å². The monoisotopic (exact) mass is 266 g/mol. The minimum absolute atomic E-state index is 0.149. The average Bonchev–Trinajstić information content (AvgIpc) is 2.92. The summed E-state index contributed by atoms with van der Waals surface area (Å²) in [5, 5.41) is 0. The van der Waals surface area contributed by atoms with E-state index in [0.29, 0.717) is 13.0 Å². The lowest BCUT2D eigenvalue weighted by atomic mass is 10.0. The van der Waals surface area contributed by atoms with E-state index in [1.165, 1.54) is 5.56 Å². The Hall–Kier alpha value is -2.13. The molecule has 3 heteroatoms. The van der Waals surface area contributed by atoms with Crippen LogP contribution in [0, 0.1) is 0 Å². The fraction of sp³-hybridized carbons (Fsp3) is 0.235. The van der Waals surface area contributed by atoms with Crippen LogP contribution in [0.25, 0.3) is 0 Å². The highest BCUT2D eigenvalue weighted by atomic mass is 16.2. The number of hydrogen-bond acceptors (Lipinski definition) is 2. The maximum Gasteiger partial charge on any atom is 0.231 e. The van der Waals surface area contributed by atoms with Crippen LogP contribution in [0.2, 0.25) is 0 Å². The zero-order valence-electron chi connectivity index (χ0n) is 11.4. The number of hydrogen-bond donors (Lipinski definition) is 1. The van der Waals surface area contributed by atoms with Crippen LogP contribution < -0.4 is 10.6 Å². The molecule has 102 valence electrons. The minimum atomic E-state index is 0.149. The van der Waals surface area contributed by atoms with Crippen LogP contribution in [-0.2, 0) is 24.2 Å². The average molecular weight is 266 g/mol. The molecule has 1 aliphatic heterocycles. The number of carbonyl (C=O) groups is 1. The smallest absolute Gasteiger partial charge is 0.231 e. The standard InChI is InChI=1S/C17H18N2O/c18-12-15-7-2-1-6-14(15)11-17(20)19-10-9-13-5-3-4-8-16(13)19/h1-8H,9-12,18H2. The van der Waals surface area contributed by atoms with Crippen molar-refractivity contribution in [3.05, 3.63) is 65.2 Å². The Morgan fingerprint density at radius 2 is 1.75 bits per heavy atom. The van der Waals surface area contributed by atoms with E-state index in [-0.39, 0.29) is 5.91 Å². The topological polar surface area (TPSA) is 46.3 Å². The molecule has 1 amide bonds. The number of benzene rings is 2. The summed E-state index contributed by atoms with van der Waals surface area (Å²) >= 11 is 0. The van der Waals surface area contributed by atoms with Crippen molar-refractivity contribution in [1.82, 2.24) is 0 Å². The zero-order valence-corrected chi connectivity index (χ0v) is 11.4. The van der Waals surface area contributed by atoms with Gasteiger partial charge in [0.25, 0.3) is 0 Å². The Kier molecular flexibility index (Phi) is 3.52. The second kappa shape index (κ2) is 5.47. The molecule has 0 radical (unpaired) electrons. The third kappa shape index (κ3) is 2.32. The lowest BCUT2D eigenvalue weighted by molar-refractivity contribution is -0.117. The van der Waals surface area contributed by atoms with Crippen molar-refractivity contribution in [3.8, 4) is 0 Å². The van der Waals surface area contributed by atoms with E-state index in [2.05, 4.69) is 6.07 Å². The second-order valence-electron chi connectivity index (χ2n) is 5.07. The first-order chi connectivity index (χ1) is 9.79. The van der Waals surface area contributed by atoms with E-state index in [1.807, 2.05) is 47.4 Å². The second-order valence-corrected chi connectivity index (χ2v) is 5.07.